The lowest BCUT2D eigenvalue weighted by atomic mass is 10.1. The van der Waals surface area contributed by atoms with Gasteiger partial charge in [-0.1, -0.05) is 17.3 Å². The topological polar surface area (TPSA) is 72.5 Å². The quantitative estimate of drug-likeness (QED) is 0.488. The molecular weight excluding hydrogens is 220 g/mol. The number of oxime groups is 1. The highest BCUT2D eigenvalue weighted by atomic mass is 16.5. The Hall–Kier alpha value is -2.37. The average Bonchev–Trinajstić information content (AvgIpc) is 2.89. The van der Waals surface area contributed by atoms with Gasteiger partial charge >= 0.3 is 0 Å². The maximum absolute atomic E-state index is 9.07. The highest BCUT2D eigenvalue weighted by Gasteiger charge is 2.11. The van der Waals surface area contributed by atoms with Crippen LogP contribution in [0.15, 0.2) is 42.1 Å². The van der Waals surface area contributed by atoms with E-state index in [1.54, 1.807) is 18.1 Å². The fourth-order valence-electron chi connectivity index (χ4n) is 1.52. The molecule has 0 radical (unpaired) electrons. The summed E-state index contributed by atoms with van der Waals surface area (Å²) in [4.78, 5) is 3.83. The zero-order valence-corrected chi connectivity index (χ0v) is 9.32. The third kappa shape index (κ3) is 2.41. The van der Waals surface area contributed by atoms with Gasteiger partial charge in [-0.05, 0) is 12.1 Å². The molecule has 0 amide bonds. The van der Waals surface area contributed by atoms with Crippen LogP contribution in [-0.4, -0.2) is 32.8 Å². The molecule has 0 saturated heterocycles. The molecule has 0 fully saturated rings. The molecule has 0 bridgehead atoms. The lowest BCUT2D eigenvalue weighted by Crippen LogP contribution is -2.13. The second-order valence-electron chi connectivity index (χ2n) is 3.34. The van der Waals surface area contributed by atoms with Crippen molar-refractivity contribution in [3.05, 3.63) is 42.5 Å². The van der Waals surface area contributed by atoms with Crippen LogP contribution in [0.3, 0.4) is 0 Å². The molecule has 0 unspecified atom stereocenters. The lowest BCUT2D eigenvalue weighted by Gasteiger charge is -2.09. The summed E-state index contributed by atoms with van der Waals surface area (Å²) in [5.74, 6) is 0.653. The van der Waals surface area contributed by atoms with E-state index in [0.29, 0.717) is 18.0 Å². The summed E-state index contributed by atoms with van der Waals surface area (Å²) in [6.45, 7) is 0.330. The van der Waals surface area contributed by atoms with Crippen molar-refractivity contribution in [2.24, 2.45) is 5.16 Å². The lowest BCUT2D eigenvalue weighted by molar-refractivity contribution is 0.316. The molecule has 1 N–H and O–H groups in total. The molecule has 6 heteroatoms. The maximum atomic E-state index is 9.07. The van der Waals surface area contributed by atoms with Gasteiger partial charge in [0.15, 0.2) is 0 Å². The number of hydrogen-bond donors (Lipinski definition) is 1. The van der Waals surface area contributed by atoms with Crippen molar-refractivity contribution in [1.82, 2.24) is 14.8 Å². The molecule has 1 aromatic heterocycles. The Morgan fingerprint density at radius 2 is 2.29 bits per heavy atom. The largest absolute Gasteiger partial charge is 0.496 e. The van der Waals surface area contributed by atoms with Crippen molar-refractivity contribution < 1.29 is 9.94 Å². The SMILES string of the molecule is COc1ccccc1/C(Cn1cncn1)=N/O. The Morgan fingerprint density at radius 1 is 1.47 bits per heavy atom. The van der Waals surface area contributed by atoms with Gasteiger partial charge in [0.1, 0.15) is 24.1 Å². The summed E-state index contributed by atoms with van der Waals surface area (Å²) in [6.07, 6.45) is 2.98. The van der Waals surface area contributed by atoms with Crippen molar-refractivity contribution in [3.8, 4) is 5.75 Å². The summed E-state index contributed by atoms with van der Waals surface area (Å²) < 4.78 is 6.78. The van der Waals surface area contributed by atoms with Gasteiger partial charge in [-0.3, -0.25) is 0 Å². The van der Waals surface area contributed by atoms with Crippen molar-refractivity contribution in [1.29, 1.82) is 0 Å². The van der Waals surface area contributed by atoms with E-state index in [0.717, 1.165) is 5.56 Å². The standard InChI is InChI=1S/C11H12N4O2/c1-17-11-5-3-2-4-9(11)10(14-16)6-15-8-12-7-13-15/h2-5,7-8,16H,6H2,1H3/b14-10+. The van der Waals surface area contributed by atoms with Crippen LogP contribution in [0.1, 0.15) is 5.56 Å². The summed E-state index contributed by atoms with van der Waals surface area (Å²) >= 11 is 0. The molecule has 0 aliphatic carbocycles. The van der Waals surface area contributed by atoms with Gasteiger partial charge in [0.25, 0.3) is 0 Å². The summed E-state index contributed by atoms with van der Waals surface area (Å²) in [5, 5.41) is 16.3. The molecule has 17 heavy (non-hydrogen) atoms. The first-order valence-electron chi connectivity index (χ1n) is 5.02. The monoisotopic (exact) mass is 232 g/mol. The van der Waals surface area contributed by atoms with Gasteiger partial charge < -0.3 is 9.94 Å². The molecule has 0 atom stereocenters. The molecule has 2 rings (SSSR count). The number of para-hydroxylation sites is 1. The smallest absolute Gasteiger partial charge is 0.137 e. The van der Waals surface area contributed by atoms with Crippen LogP contribution in [0.2, 0.25) is 0 Å². The Kier molecular flexibility index (Phi) is 3.34. The zero-order valence-electron chi connectivity index (χ0n) is 9.32. The van der Waals surface area contributed by atoms with Crippen LogP contribution in [0.4, 0.5) is 0 Å². The number of aromatic nitrogens is 3. The highest BCUT2D eigenvalue weighted by Crippen LogP contribution is 2.18. The van der Waals surface area contributed by atoms with E-state index in [9.17, 15) is 0 Å². The summed E-state index contributed by atoms with van der Waals surface area (Å²) in [5.41, 5.74) is 1.20. The van der Waals surface area contributed by atoms with Crippen LogP contribution < -0.4 is 4.74 Å². The van der Waals surface area contributed by atoms with Crippen molar-refractivity contribution in [2.45, 2.75) is 6.54 Å². The van der Waals surface area contributed by atoms with Gasteiger partial charge in [0.2, 0.25) is 0 Å². The fraction of sp³-hybridized carbons (Fsp3) is 0.182. The van der Waals surface area contributed by atoms with E-state index in [-0.39, 0.29) is 0 Å². The minimum atomic E-state index is 0.330. The molecule has 0 spiro atoms. The van der Waals surface area contributed by atoms with E-state index in [1.165, 1.54) is 6.33 Å². The number of benzene rings is 1. The Morgan fingerprint density at radius 3 is 2.94 bits per heavy atom. The highest BCUT2D eigenvalue weighted by molar-refractivity contribution is 6.02. The van der Waals surface area contributed by atoms with E-state index < -0.39 is 0 Å². The number of hydrogen-bond acceptors (Lipinski definition) is 5. The zero-order chi connectivity index (χ0) is 12.1. The van der Waals surface area contributed by atoms with Crippen molar-refractivity contribution >= 4 is 5.71 Å². The first-order chi connectivity index (χ1) is 8.35. The third-order valence-corrected chi connectivity index (χ3v) is 2.32. The first-order valence-corrected chi connectivity index (χ1v) is 5.02. The summed E-state index contributed by atoms with van der Waals surface area (Å²) in [7, 11) is 1.57. The Labute approximate surface area is 98.2 Å². The van der Waals surface area contributed by atoms with E-state index in [1.807, 2.05) is 24.3 Å². The molecular formula is C11H12N4O2. The third-order valence-electron chi connectivity index (χ3n) is 2.32. The van der Waals surface area contributed by atoms with E-state index in [2.05, 4.69) is 15.2 Å². The number of nitrogens with zero attached hydrogens (tertiary/aromatic N) is 4. The van der Waals surface area contributed by atoms with Crippen LogP contribution in [-0.2, 0) is 6.54 Å². The van der Waals surface area contributed by atoms with Gasteiger partial charge in [-0.2, -0.15) is 5.10 Å². The molecule has 1 heterocycles. The van der Waals surface area contributed by atoms with E-state index in [4.69, 9.17) is 9.94 Å². The van der Waals surface area contributed by atoms with E-state index >= 15 is 0 Å². The maximum Gasteiger partial charge on any atom is 0.137 e. The van der Waals surface area contributed by atoms with Crippen LogP contribution in [0, 0.1) is 0 Å². The summed E-state index contributed by atoms with van der Waals surface area (Å²) in [6, 6.07) is 7.34. The first kappa shape index (κ1) is 11.1. The van der Waals surface area contributed by atoms with Gasteiger partial charge in [-0.25, -0.2) is 9.67 Å². The van der Waals surface area contributed by atoms with Gasteiger partial charge in [0.05, 0.1) is 13.7 Å². The fourth-order valence-corrected chi connectivity index (χ4v) is 1.52. The Bertz CT molecular complexity index is 508. The van der Waals surface area contributed by atoms with Gasteiger partial charge in [-0.15, -0.1) is 0 Å². The van der Waals surface area contributed by atoms with Crippen molar-refractivity contribution in [2.75, 3.05) is 7.11 Å². The predicted molar refractivity (Wildman–Crippen MR) is 61.3 cm³/mol. The number of ether oxygens (including phenoxy) is 1. The second kappa shape index (κ2) is 5.11. The minimum absolute atomic E-state index is 0.330. The van der Waals surface area contributed by atoms with Crippen LogP contribution >= 0.6 is 0 Å². The molecule has 0 saturated carbocycles. The van der Waals surface area contributed by atoms with Crippen molar-refractivity contribution in [3.63, 3.8) is 0 Å². The normalized spacial score (nSPS) is 11.5. The minimum Gasteiger partial charge on any atom is -0.496 e. The average molecular weight is 232 g/mol. The predicted octanol–water partition coefficient (Wildman–Crippen LogP) is 1.17. The molecule has 1 aromatic carbocycles. The number of methoxy groups -OCH3 is 1. The molecule has 6 nitrogen and oxygen atoms in total. The van der Waals surface area contributed by atoms with Gasteiger partial charge in [0, 0.05) is 5.56 Å². The second-order valence-corrected chi connectivity index (χ2v) is 3.34. The molecule has 2 aromatic rings. The molecule has 88 valence electrons. The molecule has 0 aliphatic heterocycles. The van der Waals surface area contributed by atoms with Crippen LogP contribution in [0.5, 0.6) is 5.75 Å². The Balaban J connectivity index is 2.30. The molecule has 0 aliphatic rings. The van der Waals surface area contributed by atoms with Crippen LogP contribution in [0.25, 0.3) is 0 Å². The number of rotatable bonds is 4.